The smallest absolute Gasteiger partial charge is 0.148 e. The molecule has 0 aromatic heterocycles. The third kappa shape index (κ3) is 2.55. The number of para-hydroxylation sites is 1. The van der Waals surface area contributed by atoms with Gasteiger partial charge in [-0.3, -0.25) is 0 Å². The molecule has 0 atom stereocenters. The van der Waals surface area contributed by atoms with E-state index in [0.717, 1.165) is 0 Å². The summed E-state index contributed by atoms with van der Waals surface area (Å²) in [6.07, 6.45) is 0. The average molecular weight is 260 g/mol. The second-order valence-corrected chi connectivity index (χ2v) is 3.91. The van der Waals surface area contributed by atoms with Crippen LogP contribution < -0.4 is 9.47 Å². The third-order valence-corrected chi connectivity index (χ3v) is 2.68. The molecule has 18 heavy (non-hydrogen) atoms. The number of halogens is 1. The molecule has 0 heterocycles. The molecule has 0 bridgehead atoms. The molecule has 0 radical (unpaired) electrons. The molecule has 2 aromatic carbocycles. The van der Waals surface area contributed by atoms with E-state index in [4.69, 9.17) is 26.3 Å². The van der Waals surface area contributed by atoms with Gasteiger partial charge in [0.25, 0.3) is 0 Å². The highest BCUT2D eigenvalue weighted by Gasteiger charge is 2.08. The summed E-state index contributed by atoms with van der Waals surface area (Å²) in [5.41, 5.74) is 0.427. The molecule has 0 saturated carbocycles. The molecule has 0 fully saturated rings. The Labute approximate surface area is 110 Å². The zero-order chi connectivity index (χ0) is 13.0. The lowest BCUT2D eigenvalue weighted by Crippen LogP contribution is -1.91. The minimum Gasteiger partial charge on any atom is -0.497 e. The van der Waals surface area contributed by atoms with E-state index in [1.165, 1.54) is 0 Å². The predicted octanol–water partition coefficient (Wildman–Crippen LogP) is 4.01. The van der Waals surface area contributed by atoms with E-state index in [0.29, 0.717) is 27.8 Å². The quantitative estimate of drug-likeness (QED) is 0.836. The minimum absolute atomic E-state index is 0.421. The van der Waals surface area contributed by atoms with Crippen LogP contribution in [0.4, 0.5) is 0 Å². The van der Waals surface area contributed by atoms with E-state index in [1.54, 1.807) is 37.4 Å². The topological polar surface area (TPSA) is 42.2 Å². The van der Waals surface area contributed by atoms with Crippen molar-refractivity contribution in [1.29, 1.82) is 5.26 Å². The van der Waals surface area contributed by atoms with E-state index in [2.05, 4.69) is 6.07 Å². The molecule has 0 saturated heterocycles. The number of hydrogen-bond donors (Lipinski definition) is 0. The van der Waals surface area contributed by atoms with Crippen LogP contribution in [0.15, 0.2) is 42.5 Å². The first-order chi connectivity index (χ1) is 8.74. The van der Waals surface area contributed by atoms with Gasteiger partial charge in [-0.15, -0.1) is 0 Å². The van der Waals surface area contributed by atoms with Crippen molar-refractivity contribution in [3.8, 4) is 23.3 Å². The highest BCUT2D eigenvalue weighted by atomic mass is 35.5. The maximum absolute atomic E-state index is 9.03. The molecule has 0 spiro atoms. The van der Waals surface area contributed by atoms with Crippen molar-refractivity contribution in [3.05, 3.63) is 53.1 Å². The van der Waals surface area contributed by atoms with Crippen LogP contribution in [0.5, 0.6) is 17.2 Å². The van der Waals surface area contributed by atoms with E-state index in [-0.39, 0.29) is 0 Å². The first-order valence-electron chi connectivity index (χ1n) is 5.25. The fourth-order valence-electron chi connectivity index (χ4n) is 1.45. The molecule has 0 N–H and O–H groups in total. The van der Waals surface area contributed by atoms with Crippen molar-refractivity contribution in [2.45, 2.75) is 0 Å². The number of methoxy groups -OCH3 is 1. The van der Waals surface area contributed by atoms with Crippen LogP contribution in [0.3, 0.4) is 0 Å². The van der Waals surface area contributed by atoms with E-state index < -0.39 is 0 Å². The van der Waals surface area contributed by atoms with Crippen LogP contribution in [0.25, 0.3) is 0 Å². The minimum atomic E-state index is 0.421. The molecule has 0 amide bonds. The van der Waals surface area contributed by atoms with Gasteiger partial charge in [-0.2, -0.15) is 5.26 Å². The van der Waals surface area contributed by atoms with Crippen LogP contribution in [-0.2, 0) is 0 Å². The lowest BCUT2D eigenvalue weighted by Gasteiger charge is -2.10. The monoisotopic (exact) mass is 259 g/mol. The van der Waals surface area contributed by atoms with Gasteiger partial charge < -0.3 is 9.47 Å². The Hall–Kier alpha value is -2.18. The number of rotatable bonds is 3. The van der Waals surface area contributed by atoms with Crippen molar-refractivity contribution in [1.82, 2.24) is 0 Å². The maximum atomic E-state index is 9.03. The zero-order valence-electron chi connectivity index (χ0n) is 9.68. The molecule has 0 aliphatic rings. The van der Waals surface area contributed by atoms with Crippen molar-refractivity contribution >= 4 is 11.6 Å². The molecule has 2 aromatic rings. The summed E-state index contributed by atoms with van der Waals surface area (Å²) in [6.45, 7) is 0. The Bertz CT molecular complexity index is 605. The van der Waals surface area contributed by atoms with Crippen molar-refractivity contribution in [2.75, 3.05) is 7.11 Å². The number of nitriles is 1. The van der Waals surface area contributed by atoms with Crippen LogP contribution >= 0.6 is 11.6 Å². The fourth-order valence-corrected chi connectivity index (χ4v) is 1.63. The number of benzene rings is 2. The van der Waals surface area contributed by atoms with Crippen molar-refractivity contribution in [2.24, 2.45) is 0 Å². The number of nitrogens with zero attached hydrogens (tertiary/aromatic N) is 1. The Morgan fingerprint density at radius 3 is 2.56 bits per heavy atom. The van der Waals surface area contributed by atoms with Crippen LogP contribution in [0.1, 0.15) is 5.56 Å². The van der Waals surface area contributed by atoms with Gasteiger partial charge in [-0.1, -0.05) is 23.7 Å². The van der Waals surface area contributed by atoms with Gasteiger partial charge in [0.05, 0.1) is 17.7 Å². The number of ether oxygens (including phenoxy) is 2. The average Bonchev–Trinajstić information content (AvgIpc) is 2.41. The Morgan fingerprint density at radius 1 is 1.11 bits per heavy atom. The van der Waals surface area contributed by atoms with Crippen LogP contribution in [0.2, 0.25) is 5.02 Å². The summed E-state index contributed by atoms with van der Waals surface area (Å²) in [6, 6.07) is 14.2. The standard InChI is InChI=1S/C14H10ClNO2/c1-17-11-7-6-10(9-16)14(8-11)18-13-5-3-2-4-12(13)15/h2-8H,1H3. The Kier molecular flexibility index (Phi) is 3.71. The molecular weight excluding hydrogens is 250 g/mol. The van der Waals surface area contributed by atoms with E-state index >= 15 is 0 Å². The summed E-state index contributed by atoms with van der Waals surface area (Å²) in [5, 5.41) is 9.52. The van der Waals surface area contributed by atoms with Crippen molar-refractivity contribution < 1.29 is 9.47 Å². The predicted molar refractivity (Wildman–Crippen MR) is 69.2 cm³/mol. The maximum Gasteiger partial charge on any atom is 0.148 e. The van der Waals surface area contributed by atoms with Gasteiger partial charge in [0, 0.05) is 6.07 Å². The number of hydrogen-bond acceptors (Lipinski definition) is 3. The second kappa shape index (κ2) is 5.44. The first kappa shape index (κ1) is 12.3. The van der Waals surface area contributed by atoms with Gasteiger partial charge in [0.2, 0.25) is 0 Å². The summed E-state index contributed by atoms with van der Waals surface area (Å²) in [4.78, 5) is 0. The first-order valence-corrected chi connectivity index (χ1v) is 5.63. The third-order valence-electron chi connectivity index (χ3n) is 2.37. The van der Waals surface area contributed by atoms with Gasteiger partial charge in [-0.05, 0) is 24.3 Å². The van der Waals surface area contributed by atoms with Crippen molar-refractivity contribution in [3.63, 3.8) is 0 Å². The van der Waals surface area contributed by atoms with E-state index in [9.17, 15) is 0 Å². The SMILES string of the molecule is COc1ccc(C#N)c(Oc2ccccc2Cl)c1. The molecule has 0 unspecified atom stereocenters. The molecule has 3 nitrogen and oxygen atoms in total. The summed E-state index contributed by atoms with van der Waals surface area (Å²) < 4.78 is 10.7. The van der Waals surface area contributed by atoms with Gasteiger partial charge in [0.15, 0.2) is 0 Å². The highest BCUT2D eigenvalue weighted by Crippen LogP contribution is 2.32. The van der Waals surface area contributed by atoms with Gasteiger partial charge in [0.1, 0.15) is 23.3 Å². The van der Waals surface area contributed by atoms with Gasteiger partial charge >= 0.3 is 0 Å². The van der Waals surface area contributed by atoms with E-state index in [1.807, 2.05) is 12.1 Å². The normalized spacial score (nSPS) is 9.61. The molecule has 0 aliphatic heterocycles. The second-order valence-electron chi connectivity index (χ2n) is 3.51. The molecular formula is C14H10ClNO2. The molecule has 4 heteroatoms. The lowest BCUT2D eigenvalue weighted by molar-refractivity contribution is 0.409. The molecule has 0 aliphatic carbocycles. The Morgan fingerprint density at radius 2 is 1.89 bits per heavy atom. The summed E-state index contributed by atoms with van der Waals surface area (Å²) >= 11 is 6.00. The summed E-state index contributed by atoms with van der Waals surface area (Å²) in [5.74, 6) is 1.55. The Balaban J connectivity index is 2.39. The zero-order valence-corrected chi connectivity index (χ0v) is 10.4. The largest absolute Gasteiger partial charge is 0.497 e. The van der Waals surface area contributed by atoms with Gasteiger partial charge in [-0.25, -0.2) is 0 Å². The van der Waals surface area contributed by atoms with Crippen LogP contribution in [-0.4, -0.2) is 7.11 Å². The van der Waals surface area contributed by atoms with Crippen LogP contribution in [0, 0.1) is 11.3 Å². The molecule has 90 valence electrons. The molecule has 2 rings (SSSR count). The fraction of sp³-hybridized carbons (Fsp3) is 0.0714. The highest BCUT2D eigenvalue weighted by molar-refractivity contribution is 6.32. The summed E-state index contributed by atoms with van der Waals surface area (Å²) in [7, 11) is 1.56. The lowest BCUT2D eigenvalue weighted by atomic mass is 10.2.